The lowest BCUT2D eigenvalue weighted by molar-refractivity contribution is -0.146. The van der Waals surface area contributed by atoms with Crippen molar-refractivity contribution in [1.29, 1.82) is 0 Å². The van der Waals surface area contributed by atoms with Gasteiger partial charge in [0, 0.05) is 1.43 Å². The minimum Gasteiger partial charge on any atom is -0.344 e. The Morgan fingerprint density at radius 3 is 2.93 bits per heavy atom. The summed E-state index contributed by atoms with van der Waals surface area (Å²) in [7, 11) is 0. The molecule has 0 spiro atoms. The van der Waals surface area contributed by atoms with Crippen LogP contribution in [0.15, 0.2) is 24.3 Å². The molecule has 0 saturated carbocycles. The summed E-state index contributed by atoms with van der Waals surface area (Å²) >= 11 is 0. The Kier molecular flexibility index (Phi) is 1.91. The Bertz CT molecular complexity index is 389. The Labute approximate surface area is 91.7 Å². The predicted molar refractivity (Wildman–Crippen MR) is 59.7 cm³/mol. The fraction of sp³-hybridized carbons (Fsp3) is 0.538. The van der Waals surface area contributed by atoms with Crippen LogP contribution in [0.3, 0.4) is 0 Å². The molecule has 3 rings (SSSR count). The molecule has 1 aliphatic carbocycles. The molecule has 1 aromatic rings. The maximum Gasteiger partial charge on any atom is 0.164 e. The number of hydrogen-bond acceptors (Lipinski definition) is 2. The molecule has 0 amide bonds. The first kappa shape index (κ1) is 9.37. The second kappa shape index (κ2) is 3.06. The van der Waals surface area contributed by atoms with Crippen LogP contribution < -0.4 is 0 Å². The molecule has 1 heterocycles. The van der Waals surface area contributed by atoms with E-state index in [4.69, 9.17) is 9.47 Å². The van der Waals surface area contributed by atoms with Crippen LogP contribution in [0.5, 0.6) is 0 Å². The van der Waals surface area contributed by atoms with Gasteiger partial charge in [-0.1, -0.05) is 24.3 Å². The highest BCUT2D eigenvalue weighted by Crippen LogP contribution is 2.44. The van der Waals surface area contributed by atoms with Gasteiger partial charge in [-0.25, -0.2) is 0 Å². The maximum atomic E-state index is 5.96. The summed E-state index contributed by atoms with van der Waals surface area (Å²) in [6, 6.07) is 8.53. The summed E-state index contributed by atoms with van der Waals surface area (Å²) in [5, 5.41) is 0. The lowest BCUT2D eigenvalue weighted by atomic mass is 9.88. The number of benzene rings is 1. The second-order valence-electron chi connectivity index (χ2n) is 4.83. The molecule has 1 saturated heterocycles. The molecule has 2 atom stereocenters. The van der Waals surface area contributed by atoms with Crippen LogP contribution in [-0.4, -0.2) is 11.9 Å². The first-order chi connectivity index (χ1) is 7.16. The minimum atomic E-state index is -0.424. The highest BCUT2D eigenvalue weighted by atomic mass is 16.7. The molecule has 0 N–H and O–H groups in total. The normalized spacial score (nSPS) is 32.1. The van der Waals surface area contributed by atoms with E-state index in [0.29, 0.717) is 0 Å². The molecule has 1 fully saturated rings. The summed E-state index contributed by atoms with van der Waals surface area (Å²) in [6.45, 7) is 3.99. The van der Waals surface area contributed by atoms with Crippen LogP contribution in [0, 0.1) is 0 Å². The monoisotopic (exact) mass is 206 g/mol. The van der Waals surface area contributed by atoms with Gasteiger partial charge in [-0.3, -0.25) is 0 Å². The highest BCUT2D eigenvalue weighted by Gasteiger charge is 2.44. The van der Waals surface area contributed by atoms with E-state index >= 15 is 0 Å². The van der Waals surface area contributed by atoms with Gasteiger partial charge in [0.2, 0.25) is 0 Å². The van der Waals surface area contributed by atoms with Crippen molar-refractivity contribution in [2.45, 2.75) is 44.7 Å². The fourth-order valence-electron chi connectivity index (χ4n) is 2.65. The summed E-state index contributed by atoms with van der Waals surface area (Å²) in [5.41, 5.74) is 2.74. The first-order valence-electron chi connectivity index (χ1n) is 5.59. The van der Waals surface area contributed by atoms with Crippen LogP contribution in [0.2, 0.25) is 0 Å². The van der Waals surface area contributed by atoms with Crippen molar-refractivity contribution in [3.05, 3.63) is 35.4 Å². The van der Waals surface area contributed by atoms with Gasteiger partial charge in [0.1, 0.15) is 6.10 Å². The molecular formula is C13H18O2. The zero-order valence-corrected chi connectivity index (χ0v) is 9.19. The Morgan fingerprint density at radius 1 is 1.27 bits per heavy atom. The van der Waals surface area contributed by atoms with Crippen molar-refractivity contribution in [3.8, 4) is 0 Å². The van der Waals surface area contributed by atoms with Gasteiger partial charge in [-0.15, -0.1) is 0 Å². The Balaban J connectivity index is 0.000000963. The average molecular weight is 206 g/mol. The molecule has 2 aliphatic rings. The molecule has 0 aromatic heterocycles. The van der Waals surface area contributed by atoms with E-state index in [2.05, 4.69) is 24.3 Å². The average Bonchev–Trinajstić information content (AvgIpc) is 2.52. The van der Waals surface area contributed by atoms with Gasteiger partial charge < -0.3 is 9.47 Å². The summed E-state index contributed by atoms with van der Waals surface area (Å²) in [6.07, 6.45) is 2.57. The standard InChI is InChI=1S/C13H16O2.H2/c1-13(2)14-11-8-7-9-5-3-4-6-10(9)12(11)15-13;/h3-6,11-12H,7-8H2,1-2H3;1H/t11-,12+;/m0./s1. The molecule has 1 aromatic carbocycles. The third kappa shape index (κ3) is 1.48. The summed E-state index contributed by atoms with van der Waals surface area (Å²) < 4.78 is 11.8. The molecule has 1 aliphatic heterocycles. The van der Waals surface area contributed by atoms with Gasteiger partial charge in [0.15, 0.2) is 5.79 Å². The molecule has 0 bridgehead atoms. The van der Waals surface area contributed by atoms with E-state index < -0.39 is 5.79 Å². The smallest absolute Gasteiger partial charge is 0.164 e. The first-order valence-corrected chi connectivity index (χ1v) is 5.59. The number of rotatable bonds is 0. The zero-order chi connectivity index (χ0) is 10.5. The van der Waals surface area contributed by atoms with Gasteiger partial charge in [0.25, 0.3) is 0 Å². The summed E-state index contributed by atoms with van der Waals surface area (Å²) in [5.74, 6) is -0.424. The van der Waals surface area contributed by atoms with Crippen molar-refractivity contribution < 1.29 is 10.9 Å². The van der Waals surface area contributed by atoms with Gasteiger partial charge in [0.05, 0.1) is 6.10 Å². The quantitative estimate of drug-likeness (QED) is 0.649. The number of aryl methyl sites for hydroxylation is 1. The topological polar surface area (TPSA) is 18.5 Å². The SMILES string of the molecule is CC1(C)O[C@H]2CCc3ccccc3[C@H]2O1.[HH]. The van der Waals surface area contributed by atoms with Crippen LogP contribution in [0.4, 0.5) is 0 Å². The van der Waals surface area contributed by atoms with Crippen LogP contribution in [-0.2, 0) is 15.9 Å². The highest BCUT2D eigenvalue weighted by molar-refractivity contribution is 5.33. The maximum absolute atomic E-state index is 5.96. The molecule has 0 unspecified atom stereocenters. The number of fused-ring (bicyclic) bond motifs is 3. The van der Waals surface area contributed by atoms with Crippen LogP contribution in [0.1, 0.15) is 38.9 Å². The molecule has 15 heavy (non-hydrogen) atoms. The fourth-order valence-corrected chi connectivity index (χ4v) is 2.65. The molecule has 2 heteroatoms. The van der Waals surface area contributed by atoms with Crippen LogP contribution >= 0.6 is 0 Å². The minimum absolute atomic E-state index is 0. The van der Waals surface area contributed by atoms with Gasteiger partial charge in [-0.2, -0.15) is 0 Å². The summed E-state index contributed by atoms with van der Waals surface area (Å²) in [4.78, 5) is 0. The van der Waals surface area contributed by atoms with E-state index in [-0.39, 0.29) is 13.6 Å². The second-order valence-corrected chi connectivity index (χ2v) is 4.83. The molecule has 0 radical (unpaired) electrons. The van der Waals surface area contributed by atoms with E-state index in [9.17, 15) is 0 Å². The van der Waals surface area contributed by atoms with E-state index in [1.807, 2.05) is 13.8 Å². The van der Waals surface area contributed by atoms with Crippen molar-refractivity contribution >= 4 is 0 Å². The predicted octanol–water partition coefficient (Wildman–Crippen LogP) is 3.07. The lowest BCUT2D eigenvalue weighted by Crippen LogP contribution is -2.23. The number of hydrogen-bond donors (Lipinski definition) is 0. The molecule has 2 nitrogen and oxygen atoms in total. The Hall–Kier alpha value is -0.860. The van der Waals surface area contributed by atoms with E-state index in [1.165, 1.54) is 11.1 Å². The van der Waals surface area contributed by atoms with Gasteiger partial charge >= 0.3 is 0 Å². The third-order valence-electron chi connectivity index (χ3n) is 3.24. The number of ether oxygens (including phenoxy) is 2. The molecular weight excluding hydrogens is 188 g/mol. The van der Waals surface area contributed by atoms with Crippen molar-refractivity contribution in [3.63, 3.8) is 0 Å². The molecule has 82 valence electrons. The van der Waals surface area contributed by atoms with Crippen molar-refractivity contribution in [2.24, 2.45) is 0 Å². The van der Waals surface area contributed by atoms with Crippen molar-refractivity contribution in [1.82, 2.24) is 0 Å². The lowest BCUT2D eigenvalue weighted by Gasteiger charge is -2.25. The van der Waals surface area contributed by atoms with E-state index in [1.54, 1.807) is 0 Å². The third-order valence-corrected chi connectivity index (χ3v) is 3.24. The largest absolute Gasteiger partial charge is 0.344 e. The van der Waals surface area contributed by atoms with Gasteiger partial charge in [-0.05, 0) is 37.8 Å². The zero-order valence-electron chi connectivity index (χ0n) is 9.19. The van der Waals surface area contributed by atoms with Crippen molar-refractivity contribution in [2.75, 3.05) is 0 Å². The van der Waals surface area contributed by atoms with E-state index in [0.717, 1.165) is 12.8 Å². The van der Waals surface area contributed by atoms with Crippen LogP contribution in [0.25, 0.3) is 0 Å². The Morgan fingerprint density at radius 2 is 2.07 bits per heavy atom.